The molecule has 0 aliphatic rings. The molecule has 0 spiro atoms. The van der Waals surface area contributed by atoms with Gasteiger partial charge >= 0.3 is 0 Å². The number of para-hydroxylation sites is 2. The molecule has 0 atom stereocenters. The molecule has 0 N–H and O–H groups in total. The quantitative estimate of drug-likeness (QED) is 0.837. The molecular formula is C12H12N2O2S. The predicted octanol–water partition coefficient (Wildman–Crippen LogP) is 2.43. The van der Waals surface area contributed by atoms with Gasteiger partial charge in [-0.25, -0.2) is 4.98 Å². The van der Waals surface area contributed by atoms with Crippen LogP contribution >= 0.6 is 11.3 Å². The summed E-state index contributed by atoms with van der Waals surface area (Å²) in [5.41, 5.74) is 2.82. The van der Waals surface area contributed by atoms with E-state index in [1.54, 1.807) is 25.0 Å². The summed E-state index contributed by atoms with van der Waals surface area (Å²) < 4.78 is 5.22. The SMILES string of the molecule is COc1ccccc1N(C)C(=O)c1cscn1. The average Bonchev–Trinajstić information content (AvgIpc) is 2.90. The maximum absolute atomic E-state index is 12.1. The largest absolute Gasteiger partial charge is 0.495 e. The van der Waals surface area contributed by atoms with Gasteiger partial charge in [0.2, 0.25) is 0 Å². The third kappa shape index (κ3) is 2.29. The van der Waals surface area contributed by atoms with Crippen LogP contribution in [-0.2, 0) is 0 Å². The van der Waals surface area contributed by atoms with Crippen molar-refractivity contribution in [3.63, 3.8) is 0 Å². The van der Waals surface area contributed by atoms with Crippen molar-refractivity contribution >= 4 is 22.9 Å². The molecule has 17 heavy (non-hydrogen) atoms. The van der Waals surface area contributed by atoms with Crippen LogP contribution in [0.25, 0.3) is 0 Å². The van der Waals surface area contributed by atoms with E-state index in [-0.39, 0.29) is 5.91 Å². The van der Waals surface area contributed by atoms with E-state index >= 15 is 0 Å². The predicted molar refractivity (Wildman–Crippen MR) is 67.8 cm³/mol. The maximum Gasteiger partial charge on any atom is 0.277 e. The first-order valence-electron chi connectivity index (χ1n) is 5.03. The lowest BCUT2D eigenvalue weighted by molar-refractivity contribution is 0.0988. The monoisotopic (exact) mass is 248 g/mol. The molecule has 1 amide bonds. The fraction of sp³-hybridized carbons (Fsp3) is 0.167. The zero-order chi connectivity index (χ0) is 12.3. The van der Waals surface area contributed by atoms with E-state index in [9.17, 15) is 4.79 Å². The standard InChI is InChI=1S/C12H12N2O2S/c1-14(12(15)9-7-17-8-13-9)10-5-3-4-6-11(10)16-2/h3-8H,1-2H3. The smallest absolute Gasteiger partial charge is 0.277 e. The highest BCUT2D eigenvalue weighted by Crippen LogP contribution is 2.27. The van der Waals surface area contributed by atoms with E-state index in [4.69, 9.17) is 4.74 Å². The fourth-order valence-electron chi connectivity index (χ4n) is 1.51. The number of ether oxygens (including phenoxy) is 1. The molecule has 2 aromatic rings. The summed E-state index contributed by atoms with van der Waals surface area (Å²) in [6, 6.07) is 7.38. The molecule has 88 valence electrons. The zero-order valence-corrected chi connectivity index (χ0v) is 10.4. The summed E-state index contributed by atoms with van der Waals surface area (Å²) in [4.78, 5) is 17.6. The second-order valence-electron chi connectivity index (χ2n) is 3.41. The second-order valence-corrected chi connectivity index (χ2v) is 4.13. The van der Waals surface area contributed by atoms with E-state index in [0.717, 1.165) is 5.69 Å². The molecule has 0 radical (unpaired) electrons. The van der Waals surface area contributed by atoms with Gasteiger partial charge in [0.25, 0.3) is 5.91 Å². The van der Waals surface area contributed by atoms with Gasteiger partial charge in [-0.1, -0.05) is 12.1 Å². The number of amides is 1. The zero-order valence-electron chi connectivity index (χ0n) is 9.58. The number of thiazole rings is 1. The van der Waals surface area contributed by atoms with Gasteiger partial charge in [0, 0.05) is 12.4 Å². The molecule has 1 aromatic carbocycles. The van der Waals surface area contributed by atoms with Crippen molar-refractivity contribution in [2.24, 2.45) is 0 Å². The molecule has 1 heterocycles. The maximum atomic E-state index is 12.1. The third-order valence-electron chi connectivity index (χ3n) is 2.40. The van der Waals surface area contributed by atoms with Gasteiger partial charge in [0.1, 0.15) is 11.4 Å². The molecule has 0 bridgehead atoms. The highest BCUT2D eigenvalue weighted by atomic mass is 32.1. The average molecular weight is 248 g/mol. The van der Waals surface area contributed by atoms with Crippen molar-refractivity contribution < 1.29 is 9.53 Å². The van der Waals surface area contributed by atoms with Gasteiger partial charge in [-0.3, -0.25) is 4.79 Å². The number of hydrogen-bond donors (Lipinski definition) is 0. The van der Waals surface area contributed by atoms with Gasteiger partial charge in [-0.05, 0) is 12.1 Å². The summed E-state index contributed by atoms with van der Waals surface area (Å²) in [6.45, 7) is 0. The lowest BCUT2D eigenvalue weighted by Crippen LogP contribution is -2.26. The van der Waals surface area contributed by atoms with Crippen LogP contribution in [0.3, 0.4) is 0 Å². The Hall–Kier alpha value is -1.88. The summed E-state index contributed by atoms with van der Waals surface area (Å²) in [7, 11) is 3.29. The molecule has 0 fully saturated rings. The molecular weight excluding hydrogens is 236 g/mol. The van der Waals surface area contributed by atoms with Crippen LogP contribution in [0.5, 0.6) is 5.75 Å². The summed E-state index contributed by atoms with van der Waals surface area (Å²) >= 11 is 1.40. The fourth-order valence-corrected chi connectivity index (χ4v) is 2.03. The Morgan fingerprint density at radius 2 is 2.18 bits per heavy atom. The van der Waals surface area contributed by atoms with Crippen LogP contribution < -0.4 is 9.64 Å². The van der Waals surface area contributed by atoms with Gasteiger partial charge < -0.3 is 9.64 Å². The first-order chi connectivity index (χ1) is 8.24. The van der Waals surface area contributed by atoms with Crippen molar-refractivity contribution in [2.45, 2.75) is 0 Å². The molecule has 0 aliphatic heterocycles. The van der Waals surface area contributed by atoms with E-state index in [1.165, 1.54) is 16.2 Å². The van der Waals surface area contributed by atoms with Crippen LogP contribution in [0.4, 0.5) is 5.69 Å². The van der Waals surface area contributed by atoms with Crippen molar-refractivity contribution in [3.05, 3.63) is 40.8 Å². The van der Waals surface area contributed by atoms with Crippen molar-refractivity contribution in [1.82, 2.24) is 4.98 Å². The molecule has 0 unspecified atom stereocenters. The normalized spacial score (nSPS) is 10.0. The number of methoxy groups -OCH3 is 1. The van der Waals surface area contributed by atoms with E-state index in [1.807, 2.05) is 24.3 Å². The number of benzene rings is 1. The lowest BCUT2D eigenvalue weighted by Gasteiger charge is -2.18. The third-order valence-corrected chi connectivity index (χ3v) is 2.99. The molecule has 4 nitrogen and oxygen atoms in total. The van der Waals surface area contributed by atoms with Crippen molar-refractivity contribution in [1.29, 1.82) is 0 Å². The molecule has 0 saturated heterocycles. The Kier molecular flexibility index (Phi) is 3.39. The first kappa shape index (κ1) is 11.6. The Labute approximate surface area is 103 Å². The number of carbonyl (C=O) groups is 1. The van der Waals surface area contributed by atoms with Crippen molar-refractivity contribution in [2.75, 3.05) is 19.1 Å². The number of rotatable bonds is 3. The summed E-state index contributed by atoms with van der Waals surface area (Å²) in [5.74, 6) is 0.523. The van der Waals surface area contributed by atoms with Crippen LogP contribution in [0.15, 0.2) is 35.2 Å². The van der Waals surface area contributed by atoms with Crippen LogP contribution in [0, 0.1) is 0 Å². The van der Waals surface area contributed by atoms with Gasteiger partial charge in [-0.2, -0.15) is 0 Å². The van der Waals surface area contributed by atoms with Gasteiger partial charge in [0.05, 0.1) is 18.3 Å². The van der Waals surface area contributed by atoms with Gasteiger partial charge in [0.15, 0.2) is 0 Å². The number of anilines is 1. The number of carbonyl (C=O) groups excluding carboxylic acids is 1. The number of hydrogen-bond acceptors (Lipinski definition) is 4. The number of aromatic nitrogens is 1. The molecule has 1 aromatic heterocycles. The minimum Gasteiger partial charge on any atom is -0.495 e. The first-order valence-corrected chi connectivity index (χ1v) is 5.97. The highest BCUT2D eigenvalue weighted by Gasteiger charge is 2.17. The van der Waals surface area contributed by atoms with E-state index in [2.05, 4.69) is 4.98 Å². The summed E-state index contributed by atoms with van der Waals surface area (Å²) in [5, 5.41) is 1.73. The minimum atomic E-state index is -0.143. The Balaban J connectivity index is 2.31. The second kappa shape index (κ2) is 4.97. The molecule has 0 saturated carbocycles. The Morgan fingerprint density at radius 1 is 1.41 bits per heavy atom. The lowest BCUT2D eigenvalue weighted by atomic mass is 10.2. The number of nitrogens with zero attached hydrogens (tertiary/aromatic N) is 2. The van der Waals surface area contributed by atoms with E-state index in [0.29, 0.717) is 11.4 Å². The Morgan fingerprint density at radius 3 is 2.82 bits per heavy atom. The molecule has 5 heteroatoms. The molecule has 2 rings (SSSR count). The van der Waals surface area contributed by atoms with Gasteiger partial charge in [-0.15, -0.1) is 11.3 Å². The van der Waals surface area contributed by atoms with E-state index < -0.39 is 0 Å². The van der Waals surface area contributed by atoms with Crippen LogP contribution in [0.1, 0.15) is 10.5 Å². The van der Waals surface area contributed by atoms with Crippen LogP contribution in [-0.4, -0.2) is 25.0 Å². The van der Waals surface area contributed by atoms with Crippen molar-refractivity contribution in [3.8, 4) is 5.75 Å². The highest BCUT2D eigenvalue weighted by molar-refractivity contribution is 7.07. The molecule has 0 aliphatic carbocycles. The summed E-state index contributed by atoms with van der Waals surface area (Å²) in [6.07, 6.45) is 0. The minimum absolute atomic E-state index is 0.143. The Bertz CT molecular complexity index is 511. The topological polar surface area (TPSA) is 42.4 Å². The van der Waals surface area contributed by atoms with Crippen LogP contribution in [0.2, 0.25) is 0 Å².